The predicted octanol–water partition coefficient (Wildman–Crippen LogP) is 8.14. The van der Waals surface area contributed by atoms with Crippen LogP contribution in [0.1, 0.15) is 101 Å². The van der Waals surface area contributed by atoms with Gasteiger partial charge in [0, 0.05) is 24.2 Å². The number of carbonyl (C=O) groups is 1. The van der Waals surface area contributed by atoms with Crippen LogP contribution < -0.4 is 0 Å². The summed E-state index contributed by atoms with van der Waals surface area (Å²) < 4.78 is 6.65. The van der Waals surface area contributed by atoms with Crippen molar-refractivity contribution < 1.29 is 9.53 Å². The number of ether oxygens (including phenoxy) is 1. The van der Waals surface area contributed by atoms with Crippen LogP contribution in [0.2, 0.25) is 0 Å². The average Bonchev–Trinajstić information content (AvgIpc) is 3.08. The first-order valence-corrected chi connectivity index (χ1v) is 12.5. The molecule has 0 amide bonds. The van der Waals surface area contributed by atoms with Crippen LogP contribution in [0.4, 0.5) is 0 Å². The molecule has 3 rings (SSSR count). The first-order valence-electron chi connectivity index (χ1n) is 12.5. The highest BCUT2D eigenvalue weighted by Gasteiger charge is 2.50. The van der Waals surface area contributed by atoms with Crippen LogP contribution in [0.5, 0.6) is 0 Å². The monoisotopic (exact) mass is 420 g/mol. The van der Waals surface area contributed by atoms with Crippen molar-refractivity contribution in [1.82, 2.24) is 0 Å². The average molecular weight is 421 g/mol. The van der Waals surface area contributed by atoms with Crippen molar-refractivity contribution in [2.75, 3.05) is 6.61 Å². The molecule has 0 aliphatic heterocycles. The van der Waals surface area contributed by atoms with Crippen LogP contribution in [0.15, 0.2) is 42.5 Å². The van der Waals surface area contributed by atoms with E-state index in [2.05, 4.69) is 57.2 Å². The molecular weight excluding hydrogens is 380 g/mol. The minimum atomic E-state index is -0.937. The Bertz CT molecular complexity index is 854. The molecule has 2 aromatic carbocycles. The largest absolute Gasteiger partial charge is 0.358 e. The number of Topliss-reactive ketones (excluding diaryl/α,β-unsaturated/α-hetero) is 1. The molecule has 31 heavy (non-hydrogen) atoms. The van der Waals surface area contributed by atoms with Gasteiger partial charge in [0.15, 0.2) is 11.4 Å². The number of fused-ring (bicyclic) bond motifs is 3. The molecule has 0 radical (unpaired) electrons. The van der Waals surface area contributed by atoms with E-state index < -0.39 is 5.60 Å². The minimum Gasteiger partial charge on any atom is -0.358 e. The SMILES string of the molecule is CCCCCCCCCC(=O)C1(OCCCCC)c2ccccc2-c2cccc(C)c21. The van der Waals surface area contributed by atoms with Gasteiger partial charge in [0.25, 0.3) is 0 Å². The molecule has 0 spiro atoms. The number of rotatable bonds is 14. The van der Waals surface area contributed by atoms with Gasteiger partial charge in [-0.1, -0.05) is 108 Å². The molecule has 0 bridgehead atoms. The van der Waals surface area contributed by atoms with Crippen molar-refractivity contribution in [3.05, 3.63) is 59.2 Å². The highest BCUT2D eigenvalue weighted by Crippen LogP contribution is 2.52. The maximum atomic E-state index is 13.9. The molecule has 1 atom stereocenters. The Hall–Kier alpha value is -1.93. The highest BCUT2D eigenvalue weighted by atomic mass is 16.5. The summed E-state index contributed by atoms with van der Waals surface area (Å²) in [4.78, 5) is 13.9. The third kappa shape index (κ3) is 5.12. The lowest BCUT2D eigenvalue weighted by molar-refractivity contribution is -0.140. The Morgan fingerprint density at radius 1 is 0.774 bits per heavy atom. The zero-order valence-corrected chi connectivity index (χ0v) is 19.8. The first-order chi connectivity index (χ1) is 15.2. The van der Waals surface area contributed by atoms with Crippen LogP contribution in [0.3, 0.4) is 0 Å². The number of hydrogen-bond acceptors (Lipinski definition) is 2. The number of carbonyl (C=O) groups excluding carboxylic acids is 1. The maximum absolute atomic E-state index is 13.9. The quantitative estimate of drug-likeness (QED) is 0.288. The van der Waals surface area contributed by atoms with Crippen molar-refractivity contribution >= 4 is 5.78 Å². The molecule has 0 saturated heterocycles. The van der Waals surface area contributed by atoms with Gasteiger partial charge in [-0.05, 0) is 36.5 Å². The maximum Gasteiger partial charge on any atom is 0.177 e. The topological polar surface area (TPSA) is 26.3 Å². The summed E-state index contributed by atoms with van der Waals surface area (Å²) in [6, 6.07) is 14.7. The second kappa shape index (κ2) is 11.6. The summed E-state index contributed by atoms with van der Waals surface area (Å²) in [5, 5.41) is 0. The van der Waals surface area contributed by atoms with E-state index in [4.69, 9.17) is 4.74 Å². The zero-order chi connectivity index (χ0) is 22.1. The van der Waals surface area contributed by atoms with Crippen molar-refractivity contribution in [2.24, 2.45) is 0 Å². The second-order valence-corrected chi connectivity index (χ2v) is 9.07. The fraction of sp³-hybridized carbons (Fsp3) is 0.552. The van der Waals surface area contributed by atoms with E-state index >= 15 is 0 Å². The van der Waals surface area contributed by atoms with Gasteiger partial charge >= 0.3 is 0 Å². The smallest absolute Gasteiger partial charge is 0.177 e. The van der Waals surface area contributed by atoms with Crippen LogP contribution in [-0.2, 0) is 15.1 Å². The van der Waals surface area contributed by atoms with Crippen LogP contribution in [-0.4, -0.2) is 12.4 Å². The molecule has 0 N–H and O–H groups in total. The summed E-state index contributed by atoms with van der Waals surface area (Å²) in [5.74, 6) is 0.234. The summed E-state index contributed by atoms with van der Waals surface area (Å²) in [6.45, 7) is 7.19. The lowest BCUT2D eigenvalue weighted by Gasteiger charge is -2.32. The van der Waals surface area contributed by atoms with E-state index in [1.165, 1.54) is 37.7 Å². The van der Waals surface area contributed by atoms with E-state index in [0.29, 0.717) is 13.0 Å². The molecule has 0 fully saturated rings. The number of benzene rings is 2. The van der Waals surface area contributed by atoms with Crippen molar-refractivity contribution in [3.63, 3.8) is 0 Å². The van der Waals surface area contributed by atoms with E-state index in [1.807, 2.05) is 6.07 Å². The molecule has 2 heteroatoms. The highest BCUT2D eigenvalue weighted by molar-refractivity contribution is 6.00. The number of unbranched alkanes of at least 4 members (excludes halogenated alkanes) is 8. The molecule has 2 nitrogen and oxygen atoms in total. The Kier molecular flexibility index (Phi) is 8.90. The molecule has 168 valence electrons. The van der Waals surface area contributed by atoms with Gasteiger partial charge in [0.05, 0.1) is 0 Å². The molecular formula is C29H40O2. The van der Waals surface area contributed by atoms with Gasteiger partial charge in [-0.25, -0.2) is 0 Å². The molecule has 0 aromatic heterocycles. The third-order valence-corrected chi connectivity index (χ3v) is 6.69. The fourth-order valence-corrected chi connectivity index (χ4v) is 5.04. The van der Waals surface area contributed by atoms with E-state index in [1.54, 1.807) is 0 Å². The molecule has 0 heterocycles. The normalized spacial score (nSPS) is 16.9. The van der Waals surface area contributed by atoms with Gasteiger partial charge in [-0.15, -0.1) is 0 Å². The Morgan fingerprint density at radius 3 is 2.19 bits per heavy atom. The fourth-order valence-electron chi connectivity index (χ4n) is 5.04. The van der Waals surface area contributed by atoms with Crippen LogP contribution in [0.25, 0.3) is 11.1 Å². The minimum absolute atomic E-state index is 0.234. The molecule has 1 aliphatic carbocycles. The summed E-state index contributed by atoms with van der Waals surface area (Å²) in [6.07, 6.45) is 12.4. The lowest BCUT2D eigenvalue weighted by Crippen LogP contribution is -2.39. The molecule has 1 unspecified atom stereocenters. The van der Waals surface area contributed by atoms with Crippen LogP contribution in [0, 0.1) is 6.92 Å². The van der Waals surface area contributed by atoms with E-state index in [0.717, 1.165) is 54.4 Å². The first kappa shape index (κ1) is 23.7. The lowest BCUT2D eigenvalue weighted by atomic mass is 9.82. The summed E-state index contributed by atoms with van der Waals surface area (Å²) in [7, 11) is 0. The van der Waals surface area contributed by atoms with Gasteiger partial charge in [-0.3, -0.25) is 4.79 Å². The van der Waals surface area contributed by atoms with Gasteiger partial charge in [0.1, 0.15) is 0 Å². The second-order valence-electron chi connectivity index (χ2n) is 9.07. The van der Waals surface area contributed by atoms with Gasteiger partial charge < -0.3 is 4.74 Å². The Balaban J connectivity index is 1.85. The van der Waals surface area contributed by atoms with Crippen LogP contribution >= 0.6 is 0 Å². The van der Waals surface area contributed by atoms with Crippen molar-refractivity contribution in [3.8, 4) is 11.1 Å². The van der Waals surface area contributed by atoms with Crippen molar-refractivity contribution in [1.29, 1.82) is 0 Å². The van der Waals surface area contributed by atoms with Crippen molar-refractivity contribution in [2.45, 2.75) is 97.0 Å². The van der Waals surface area contributed by atoms with E-state index in [9.17, 15) is 4.79 Å². The Morgan fingerprint density at radius 2 is 1.42 bits per heavy atom. The summed E-state index contributed by atoms with van der Waals surface area (Å²) >= 11 is 0. The number of ketones is 1. The summed E-state index contributed by atoms with van der Waals surface area (Å²) in [5.41, 5.74) is 4.66. The number of aryl methyl sites for hydroxylation is 1. The standard InChI is InChI=1S/C29H40O2/c1-4-6-8-9-10-11-12-21-27(30)29(31-22-15-7-5-2)26-20-14-13-18-24(26)25-19-16-17-23(3)28(25)29/h13-14,16-20H,4-12,15,21-22H2,1-3H3. The molecule has 0 saturated carbocycles. The molecule has 1 aliphatic rings. The van der Waals surface area contributed by atoms with Gasteiger partial charge in [-0.2, -0.15) is 0 Å². The molecule has 2 aromatic rings. The predicted molar refractivity (Wildman–Crippen MR) is 130 cm³/mol. The third-order valence-electron chi connectivity index (χ3n) is 6.69. The van der Waals surface area contributed by atoms with E-state index in [-0.39, 0.29) is 5.78 Å². The Labute approximate surface area is 189 Å². The zero-order valence-electron chi connectivity index (χ0n) is 19.8. The number of hydrogen-bond donors (Lipinski definition) is 0. The van der Waals surface area contributed by atoms with Gasteiger partial charge in [0.2, 0.25) is 0 Å².